The summed E-state index contributed by atoms with van der Waals surface area (Å²) < 4.78 is 0. The number of rotatable bonds is 0. The molecule has 0 radical (unpaired) electrons. The van der Waals surface area contributed by atoms with Gasteiger partial charge in [-0.1, -0.05) is 0 Å². The van der Waals surface area contributed by atoms with Gasteiger partial charge in [0.15, 0.2) is 17.4 Å². The van der Waals surface area contributed by atoms with Gasteiger partial charge in [0.25, 0.3) is 0 Å². The molecule has 4 N–H and O–H groups in total. The van der Waals surface area contributed by atoms with Crippen molar-refractivity contribution in [2.75, 3.05) is 0 Å². The SMILES string of the molecule is O[Si](O)(O)O.[AlH3].[Ca+2].[Ca+2].[H-].[H-].[H-].[H-].[H-].[H-].[Mg+2]. The van der Waals surface area contributed by atoms with Crippen molar-refractivity contribution < 1.29 is 27.7 Å². The van der Waals surface area contributed by atoms with Crippen LogP contribution in [0.15, 0.2) is 0 Å². The fourth-order valence-electron chi connectivity index (χ4n) is 0. The van der Waals surface area contributed by atoms with Gasteiger partial charge in [0, 0.05) is 0 Å². The van der Waals surface area contributed by atoms with Gasteiger partial charge in [-0.05, 0) is 0 Å². The second-order valence-corrected chi connectivity index (χ2v) is 1.80. The van der Waals surface area contributed by atoms with Crippen LogP contribution in [0.1, 0.15) is 8.56 Å². The Bertz CT molecular complexity index is 48.6. The largest absolute Gasteiger partial charge is 2.00 e. The molecular formula is H13AlCa2MgO4Si. The zero-order valence-electron chi connectivity index (χ0n) is 10.4. The Morgan fingerprint density at radius 3 is 0.889 bits per heavy atom. The van der Waals surface area contributed by atoms with Crippen LogP contribution < -0.4 is 0 Å². The van der Waals surface area contributed by atoms with Crippen LogP contribution in [-0.4, -0.2) is 144 Å². The van der Waals surface area contributed by atoms with Crippen LogP contribution in [-0.2, 0) is 0 Å². The van der Waals surface area contributed by atoms with Gasteiger partial charge in [-0.3, -0.25) is 0 Å². The van der Waals surface area contributed by atoms with Crippen LogP contribution in [0.4, 0.5) is 0 Å². The van der Waals surface area contributed by atoms with Crippen molar-refractivity contribution in [3.8, 4) is 0 Å². The molecule has 0 saturated heterocycles. The third kappa shape index (κ3) is 77.1. The summed E-state index contributed by atoms with van der Waals surface area (Å²) in [6, 6.07) is 0. The molecule has 0 unspecified atom stereocenters. The molecule has 0 aliphatic carbocycles. The normalized spacial score (nSPS) is 6.67. The Kier molecular flexibility index (Phi) is 46.8. The number of hydrogen-bond acceptors (Lipinski definition) is 4. The molecule has 50 valence electrons. The van der Waals surface area contributed by atoms with E-state index in [1.165, 1.54) is 0 Å². The predicted molar refractivity (Wildman–Crippen MR) is 48.5 cm³/mol. The molecule has 0 rings (SSSR count). The smallest absolute Gasteiger partial charge is 1.00 e. The molecule has 0 spiro atoms. The Labute approximate surface area is 150 Å². The van der Waals surface area contributed by atoms with Crippen LogP contribution in [0.5, 0.6) is 0 Å². The van der Waals surface area contributed by atoms with Gasteiger partial charge >= 0.3 is 108 Å². The summed E-state index contributed by atoms with van der Waals surface area (Å²) in [5.41, 5.74) is 0. The molecule has 0 fully saturated rings. The molecular weight excluding hydrogens is 224 g/mol. The van der Waals surface area contributed by atoms with Crippen LogP contribution >= 0.6 is 0 Å². The van der Waals surface area contributed by atoms with E-state index >= 15 is 0 Å². The fourth-order valence-corrected chi connectivity index (χ4v) is 0. The first kappa shape index (κ1) is 29.3. The van der Waals surface area contributed by atoms with E-state index < -0.39 is 9.05 Å². The maximum Gasteiger partial charge on any atom is 2.00 e. The van der Waals surface area contributed by atoms with Gasteiger partial charge in [0.1, 0.15) is 0 Å². The van der Waals surface area contributed by atoms with Crippen LogP contribution in [0.2, 0.25) is 0 Å². The summed E-state index contributed by atoms with van der Waals surface area (Å²) in [5, 5.41) is 0. The van der Waals surface area contributed by atoms with Crippen molar-refractivity contribution in [3.05, 3.63) is 0 Å². The van der Waals surface area contributed by atoms with E-state index in [-0.39, 0.29) is 124 Å². The average Bonchev–Trinajstić information content (AvgIpc) is 0.722. The van der Waals surface area contributed by atoms with Crippen molar-refractivity contribution >= 4 is 125 Å². The van der Waals surface area contributed by atoms with E-state index in [2.05, 4.69) is 0 Å². The summed E-state index contributed by atoms with van der Waals surface area (Å²) >= 11 is 0. The average molecular weight is 237 g/mol. The van der Waals surface area contributed by atoms with Crippen molar-refractivity contribution in [3.63, 3.8) is 0 Å². The Hall–Kier alpha value is 3.88. The van der Waals surface area contributed by atoms with E-state index in [0.29, 0.717) is 0 Å². The zero-order chi connectivity index (χ0) is 4.50. The third-order valence-corrected chi connectivity index (χ3v) is 0. The molecule has 4 nitrogen and oxygen atoms in total. The summed E-state index contributed by atoms with van der Waals surface area (Å²) in [5.74, 6) is 0. The quantitative estimate of drug-likeness (QED) is 0.321. The van der Waals surface area contributed by atoms with Crippen LogP contribution in [0.25, 0.3) is 0 Å². The van der Waals surface area contributed by atoms with E-state index in [1.54, 1.807) is 0 Å². The Balaban J connectivity index is -0.00000000178. The van der Waals surface area contributed by atoms with Gasteiger partial charge in [-0.2, -0.15) is 0 Å². The minimum Gasteiger partial charge on any atom is -1.00 e. The molecule has 0 aromatic heterocycles. The molecule has 0 aliphatic rings. The molecule has 0 bridgehead atoms. The Morgan fingerprint density at radius 2 is 0.889 bits per heavy atom. The van der Waals surface area contributed by atoms with Gasteiger partial charge in [0.05, 0.1) is 0 Å². The number of hydrogen-bond donors (Lipinski definition) is 4. The van der Waals surface area contributed by atoms with E-state index in [0.717, 1.165) is 0 Å². The first-order chi connectivity index (χ1) is 2.00. The topological polar surface area (TPSA) is 80.9 Å². The van der Waals surface area contributed by atoms with Gasteiger partial charge in [0.2, 0.25) is 0 Å². The first-order valence-electron chi connectivity index (χ1n) is 0.894. The minimum absolute atomic E-state index is 0. The first-order valence-corrected chi connectivity index (χ1v) is 2.68. The maximum absolute atomic E-state index is 7.33. The predicted octanol–water partition coefficient (Wildman–Crippen LogP) is -4.26. The van der Waals surface area contributed by atoms with Crippen molar-refractivity contribution in [1.82, 2.24) is 0 Å². The minimum atomic E-state index is -4.61. The molecule has 0 saturated carbocycles. The molecule has 0 aromatic rings. The van der Waals surface area contributed by atoms with Crippen LogP contribution in [0, 0.1) is 0 Å². The summed E-state index contributed by atoms with van der Waals surface area (Å²) in [6.45, 7) is 0. The monoisotopic (exact) mass is 236 g/mol. The molecule has 9 heavy (non-hydrogen) atoms. The Morgan fingerprint density at radius 1 is 0.889 bits per heavy atom. The molecule has 0 heterocycles. The summed E-state index contributed by atoms with van der Waals surface area (Å²) in [7, 11) is -4.61. The van der Waals surface area contributed by atoms with E-state index in [4.69, 9.17) is 19.2 Å². The molecule has 0 aromatic carbocycles. The van der Waals surface area contributed by atoms with Crippen LogP contribution in [0.3, 0.4) is 0 Å². The standard InChI is InChI=1S/Al.2Ca.Mg.H4O4Si.9H/c;;;;1-5(2,3)4;;;;;;;;;/h;;;;1-4H;;;;;;;;;/q;3*+2;;;;;6*-1. The molecule has 0 atom stereocenters. The van der Waals surface area contributed by atoms with E-state index in [9.17, 15) is 0 Å². The summed E-state index contributed by atoms with van der Waals surface area (Å²) in [6.07, 6.45) is 0. The second kappa shape index (κ2) is 14.4. The zero-order valence-corrected chi connectivity index (χ0v) is 11.2. The van der Waals surface area contributed by atoms with Gasteiger partial charge in [-0.25, -0.2) is 0 Å². The third-order valence-electron chi connectivity index (χ3n) is 0. The van der Waals surface area contributed by atoms with Crippen molar-refractivity contribution in [2.24, 2.45) is 0 Å². The molecule has 0 amide bonds. The van der Waals surface area contributed by atoms with Gasteiger partial charge in [-0.15, -0.1) is 0 Å². The van der Waals surface area contributed by atoms with E-state index in [1.807, 2.05) is 0 Å². The van der Waals surface area contributed by atoms with Crippen molar-refractivity contribution in [1.29, 1.82) is 0 Å². The summed E-state index contributed by atoms with van der Waals surface area (Å²) in [4.78, 5) is 29.3. The second-order valence-electron chi connectivity index (χ2n) is 0.600. The molecule has 0 aliphatic heterocycles. The van der Waals surface area contributed by atoms with Crippen molar-refractivity contribution in [2.45, 2.75) is 0 Å². The van der Waals surface area contributed by atoms with Gasteiger partial charge < -0.3 is 27.7 Å². The maximum atomic E-state index is 7.33. The fraction of sp³-hybridized carbons (Fsp3) is 0. The molecule has 9 heteroatoms.